The highest BCUT2D eigenvalue weighted by atomic mass is 19.4. The number of nitrogens with two attached hydrogens (primary N) is 1. The lowest BCUT2D eigenvalue weighted by Crippen LogP contribution is -2.19. The molecule has 0 aliphatic heterocycles. The van der Waals surface area contributed by atoms with Crippen LogP contribution < -0.4 is 10.5 Å². The molecule has 0 amide bonds. The summed E-state index contributed by atoms with van der Waals surface area (Å²) in [6, 6.07) is 4.01. The largest absolute Gasteiger partial charge is 0.573 e. The minimum absolute atomic E-state index is 0.101. The molecule has 2 nitrogen and oxygen atoms in total. The maximum absolute atomic E-state index is 13.6. The second-order valence-electron chi connectivity index (χ2n) is 4.35. The van der Waals surface area contributed by atoms with E-state index in [9.17, 15) is 26.3 Å². The minimum atomic E-state index is -5.05. The molecule has 118 valence electrons. The average Bonchev–Trinajstić information content (AvgIpc) is 2.39. The molecule has 0 fully saturated rings. The van der Waals surface area contributed by atoms with Gasteiger partial charge in [0.25, 0.3) is 0 Å². The Bertz CT molecular complexity index is 665. The zero-order valence-electron chi connectivity index (χ0n) is 10.8. The summed E-state index contributed by atoms with van der Waals surface area (Å²) in [6.07, 6.45) is -5.05. The molecular formula is C14H9F6NO. The van der Waals surface area contributed by atoms with Gasteiger partial charge in [-0.25, -0.2) is 13.2 Å². The highest BCUT2D eigenvalue weighted by Crippen LogP contribution is 2.30. The van der Waals surface area contributed by atoms with Gasteiger partial charge in [-0.1, -0.05) is 12.1 Å². The van der Waals surface area contributed by atoms with E-state index in [0.29, 0.717) is 12.1 Å². The quantitative estimate of drug-likeness (QED) is 0.866. The van der Waals surface area contributed by atoms with Gasteiger partial charge in [-0.15, -0.1) is 13.2 Å². The van der Waals surface area contributed by atoms with E-state index in [-0.39, 0.29) is 5.56 Å². The number of rotatable bonds is 3. The van der Waals surface area contributed by atoms with Gasteiger partial charge in [0.2, 0.25) is 0 Å². The van der Waals surface area contributed by atoms with Gasteiger partial charge in [0.05, 0.1) is 6.04 Å². The number of ether oxygens (including phenoxy) is 1. The molecule has 0 spiro atoms. The lowest BCUT2D eigenvalue weighted by molar-refractivity contribution is -0.275. The number of hydrogen-bond donors (Lipinski definition) is 1. The highest BCUT2D eigenvalue weighted by molar-refractivity contribution is 5.37. The van der Waals surface area contributed by atoms with E-state index in [1.54, 1.807) is 0 Å². The van der Waals surface area contributed by atoms with Crippen LogP contribution in [0.5, 0.6) is 5.75 Å². The van der Waals surface area contributed by atoms with E-state index in [1.807, 2.05) is 0 Å². The zero-order chi connectivity index (χ0) is 16.5. The van der Waals surface area contributed by atoms with Crippen molar-refractivity contribution in [2.75, 3.05) is 0 Å². The molecule has 0 heterocycles. The van der Waals surface area contributed by atoms with Crippen LogP contribution in [0.2, 0.25) is 0 Å². The van der Waals surface area contributed by atoms with Gasteiger partial charge in [0.15, 0.2) is 11.6 Å². The normalized spacial score (nSPS) is 13.0. The maximum Gasteiger partial charge on any atom is 0.573 e. The van der Waals surface area contributed by atoms with Gasteiger partial charge in [0.1, 0.15) is 11.6 Å². The molecule has 22 heavy (non-hydrogen) atoms. The molecular weight excluding hydrogens is 312 g/mol. The Kier molecular flexibility index (Phi) is 4.32. The van der Waals surface area contributed by atoms with Crippen LogP contribution in [-0.4, -0.2) is 6.36 Å². The van der Waals surface area contributed by atoms with Crippen molar-refractivity contribution in [3.63, 3.8) is 0 Å². The van der Waals surface area contributed by atoms with E-state index >= 15 is 0 Å². The summed E-state index contributed by atoms with van der Waals surface area (Å²) in [6.45, 7) is 0. The van der Waals surface area contributed by atoms with Crippen molar-refractivity contribution in [1.82, 2.24) is 0 Å². The van der Waals surface area contributed by atoms with Crippen molar-refractivity contribution in [2.45, 2.75) is 12.4 Å². The summed E-state index contributed by atoms with van der Waals surface area (Å²) in [4.78, 5) is 0. The monoisotopic (exact) mass is 321 g/mol. The number of alkyl halides is 3. The first kappa shape index (κ1) is 16.2. The smallest absolute Gasteiger partial charge is 0.403 e. The summed E-state index contributed by atoms with van der Waals surface area (Å²) in [7, 11) is 0. The average molecular weight is 321 g/mol. The van der Waals surface area contributed by atoms with E-state index in [1.165, 1.54) is 0 Å². The minimum Gasteiger partial charge on any atom is -0.403 e. The molecule has 1 atom stereocenters. The third-order valence-corrected chi connectivity index (χ3v) is 2.85. The van der Waals surface area contributed by atoms with Gasteiger partial charge in [-0.3, -0.25) is 0 Å². The number of benzene rings is 2. The van der Waals surface area contributed by atoms with E-state index in [2.05, 4.69) is 4.74 Å². The standard InChI is InChI=1S/C14H9F6NO/c15-8-2-1-3-9(16)12(8)13(21)7-4-5-11(10(17)6-7)22-14(18,19)20/h1-6,13H,21H2/t13-/m0/s1. The van der Waals surface area contributed by atoms with Crippen molar-refractivity contribution < 1.29 is 31.1 Å². The lowest BCUT2D eigenvalue weighted by Gasteiger charge is -2.16. The van der Waals surface area contributed by atoms with Crippen molar-refractivity contribution >= 4 is 0 Å². The first-order chi connectivity index (χ1) is 10.2. The van der Waals surface area contributed by atoms with Crippen molar-refractivity contribution in [1.29, 1.82) is 0 Å². The van der Waals surface area contributed by atoms with Crippen LogP contribution in [0.15, 0.2) is 36.4 Å². The second-order valence-corrected chi connectivity index (χ2v) is 4.35. The van der Waals surface area contributed by atoms with E-state index in [0.717, 1.165) is 24.3 Å². The van der Waals surface area contributed by atoms with Gasteiger partial charge in [0, 0.05) is 5.56 Å². The summed E-state index contributed by atoms with van der Waals surface area (Å²) < 4.78 is 80.4. The summed E-state index contributed by atoms with van der Waals surface area (Å²) in [5.74, 6) is -4.29. The molecule has 0 saturated heterocycles. The fourth-order valence-electron chi connectivity index (χ4n) is 1.89. The third kappa shape index (κ3) is 3.51. The van der Waals surface area contributed by atoms with Crippen LogP contribution in [-0.2, 0) is 0 Å². The van der Waals surface area contributed by atoms with Gasteiger partial charge >= 0.3 is 6.36 Å². The van der Waals surface area contributed by atoms with Crippen LogP contribution in [0.4, 0.5) is 26.3 Å². The van der Waals surface area contributed by atoms with E-state index < -0.39 is 41.2 Å². The fraction of sp³-hybridized carbons (Fsp3) is 0.143. The van der Waals surface area contributed by atoms with Gasteiger partial charge in [-0.05, 0) is 29.8 Å². The molecule has 2 N–H and O–H groups in total. The van der Waals surface area contributed by atoms with Crippen LogP contribution in [0.1, 0.15) is 17.2 Å². The Labute approximate surface area is 121 Å². The van der Waals surface area contributed by atoms with Gasteiger partial charge in [-0.2, -0.15) is 0 Å². The Morgan fingerprint density at radius 3 is 2.00 bits per heavy atom. The molecule has 0 aliphatic rings. The van der Waals surface area contributed by atoms with Crippen molar-refractivity contribution in [3.8, 4) is 5.75 Å². The third-order valence-electron chi connectivity index (χ3n) is 2.85. The first-order valence-corrected chi connectivity index (χ1v) is 5.93. The Morgan fingerprint density at radius 2 is 1.50 bits per heavy atom. The molecule has 0 bridgehead atoms. The molecule has 0 saturated carbocycles. The molecule has 8 heteroatoms. The Balaban J connectivity index is 2.36. The van der Waals surface area contributed by atoms with Crippen LogP contribution >= 0.6 is 0 Å². The molecule has 0 aromatic heterocycles. The predicted molar refractivity (Wildman–Crippen MR) is 65.5 cm³/mol. The Morgan fingerprint density at radius 1 is 0.909 bits per heavy atom. The Hall–Kier alpha value is -2.22. The summed E-state index contributed by atoms with van der Waals surface area (Å²) >= 11 is 0. The van der Waals surface area contributed by atoms with Crippen LogP contribution in [0.3, 0.4) is 0 Å². The molecule has 0 unspecified atom stereocenters. The van der Waals surface area contributed by atoms with Crippen molar-refractivity contribution in [3.05, 3.63) is 65.0 Å². The topological polar surface area (TPSA) is 35.2 Å². The second kappa shape index (κ2) is 5.88. The summed E-state index contributed by atoms with van der Waals surface area (Å²) in [5, 5.41) is 0. The van der Waals surface area contributed by atoms with Crippen LogP contribution in [0, 0.1) is 17.5 Å². The molecule has 2 aromatic carbocycles. The zero-order valence-corrected chi connectivity index (χ0v) is 10.8. The lowest BCUT2D eigenvalue weighted by atomic mass is 9.98. The van der Waals surface area contributed by atoms with Crippen molar-refractivity contribution in [2.24, 2.45) is 5.73 Å². The number of halogens is 6. The first-order valence-electron chi connectivity index (χ1n) is 5.93. The SMILES string of the molecule is N[C@@H](c1ccc(OC(F)(F)F)c(F)c1)c1c(F)cccc1F. The maximum atomic E-state index is 13.6. The molecule has 2 aromatic rings. The number of hydrogen-bond acceptors (Lipinski definition) is 2. The van der Waals surface area contributed by atoms with E-state index in [4.69, 9.17) is 5.73 Å². The molecule has 2 rings (SSSR count). The highest BCUT2D eigenvalue weighted by Gasteiger charge is 2.32. The molecule has 0 radical (unpaired) electrons. The summed E-state index contributed by atoms with van der Waals surface area (Å²) in [5.41, 5.74) is 5.05. The van der Waals surface area contributed by atoms with Gasteiger partial charge < -0.3 is 10.5 Å². The fourth-order valence-corrected chi connectivity index (χ4v) is 1.89. The van der Waals surface area contributed by atoms with Crippen LogP contribution in [0.25, 0.3) is 0 Å². The molecule has 0 aliphatic carbocycles. The predicted octanol–water partition coefficient (Wildman–Crippen LogP) is 4.05.